The summed E-state index contributed by atoms with van der Waals surface area (Å²) in [5.74, 6) is 1.25. The van der Waals surface area contributed by atoms with Crippen LogP contribution < -0.4 is 15.8 Å². The SMILES string of the molecule is CC(C)Oc1nc(C#N)cc2cnc(N[C@H]3C[C@H](N)C3)cc12. The third-order valence-corrected chi connectivity index (χ3v) is 3.67. The Morgan fingerprint density at radius 3 is 2.82 bits per heavy atom. The van der Waals surface area contributed by atoms with Crippen LogP contribution in [-0.2, 0) is 0 Å². The first kappa shape index (κ1) is 14.5. The normalized spacial score (nSPS) is 20.5. The molecule has 0 atom stereocenters. The van der Waals surface area contributed by atoms with Crippen molar-refractivity contribution >= 4 is 16.6 Å². The van der Waals surface area contributed by atoms with Crippen LogP contribution in [0.25, 0.3) is 10.8 Å². The predicted molar refractivity (Wildman–Crippen MR) is 84.6 cm³/mol. The smallest absolute Gasteiger partial charge is 0.223 e. The lowest BCUT2D eigenvalue weighted by molar-refractivity contribution is 0.236. The van der Waals surface area contributed by atoms with Gasteiger partial charge in [-0.3, -0.25) is 0 Å². The van der Waals surface area contributed by atoms with E-state index >= 15 is 0 Å². The first-order valence-electron chi connectivity index (χ1n) is 7.45. The molecule has 2 aromatic rings. The van der Waals surface area contributed by atoms with Gasteiger partial charge in [-0.05, 0) is 38.8 Å². The van der Waals surface area contributed by atoms with Crippen molar-refractivity contribution in [1.82, 2.24) is 9.97 Å². The van der Waals surface area contributed by atoms with Gasteiger partial charge in [0.05, 0.1) is 6.10 Å². The molecular weight excluding hydrogens is 278 g/mol. The van der Waals surface area contributed by atoms with Gasteiger partial charge in [0, 0.05) is 29.1 Å². The lowest BCUT2D eigenvalue weighted by Crippen LogP contribution is -2.44. The monoisotopic (exact) mass is 297 g/mol. The number of pyridine rings is 2. The Labute approximate surface area is 129 Å². The van der Waals surface area contributed by atoms with Crippen LogP contribution in [0.4, 0.5) is 5.82 Å². The molecule has 0 saturated heterocycles. The van der Waals surface area contributed by atoms with Crippen LogP contribution in [0.3, 0.4) is 0 Å². The van der Waals surface area contributed by atoms with Crippen LogP contribution in [0.1, 0.15) is 32.4 Å². The van der Waals surface area contributed by atoms with Crippen LogP contribution in [0.2, 0.25) is 0 Å². The minimum absolute atomic E-state index is 0.0150. The van der Waals surface area contributed by atoms with Crippen LogP contribution in [0.15, 0.2) is 18.3 Å². The van der Waals surface area contributed by atoms with Gasteiger partial charge in [0.15, 0.2) is 0 Å². The number of nitriles is 1. The second-order valence-corrected chi connectivity index (χ2v) is 5.95. The number of hydrogen-bond acceptors (Lipinski definition) is 6. The molecule has 0 radical (unpaired) electrons. The fourth-order valence-corrected chi connectivity index (χ4v) is 2.55. The van der Waals surface area contributed by atoms with E-state index in [1.54, 1.807) is 12.3 Å². The van der Waals surface area contributed by atoms with Crippen molar-refractivity contribution in [3.05, 3.63) is 24.0 Å². The summed E-state index contributed by atoms with van der Waals surface area (Å²) >= 11 is 0. The predicted octanol–water partition coefficient (Wildman–Crippen LogP) is 2.19. The Morgan fingerprint density at radius 2 is 2.18 bits per heavy atom. The van der Waals surface area contributed by atoms with Gasteiger partial charge in [-0.2, -0.15) is 5.26 Å². The number of hydrogen-bond donors (Lipinski definition) is 2. The maximum atomic E-state index is 9.08. The molecule has 0 amide bonds. The van der Waals surface area contributed by atoms with Gasteiger partial charge in [-0.15, -0.1) is 0 Å². The maximum absolute atomic E-state index is 9.08. The average molecular weight is 297 g/mol. The summed E-state index contributed by atoms with van der Waals surface area (Å²) in [5.41, 5.74) is 6.13. The van der Waals surface area contributed by atoms with E-state index in [0.717, 1.165) is 29.4 Å². The fourth-order valence-electron chi connectivity index (χ4n) is 2.55. The molecule has 22 heavy (non-hydrogen) atoms. The molecule has 6 heteroatoms. The standard InChI is InChI=1S/C16H19N5O/c1-9(2)22-16-14-6-15(20-12-4-11(18)5-12)19-8-10(14)3-13(7-17)21-16/h3,6,8-9,11-12H,4-5,18H2,1-2H3,(H,19,20)/t11-,12-. The molecule has 3 N–H and O–H groups in total. The summed E-state index contributed by atoms with van der Waals surface area (Å²) in [6.07, 6.45) is 3.65. The minimum atomic E-state index is -0.0150. The summed E-state index contributed by atoms with van der Waals surface area (Å²) in [4.78, 5) is 8.67. The van der Waals surface area contributed by atoms with Gasteiger partial charge in [0.2, 0.25) is 5.88 Å². The highest BCUT2D eigenvalue weighted by molar-refractivity contribution is 5.89. The van der Waals surface area contributed by atoms with Crippen LogP contribution in [-0.4, -0.2) is 28.2 Å². The topological polar surface area (TPSA) is 96.8 Å². The third kappa shape index (κ3) is 2.95. The first-order chi connectivity index (χ1) is 10.5. The fraction of sp³-hybridized carbons (Fsp3) is 0.438. The van der Waals surface area contributed by atoms with Gasteiger partial charge in [-0.25, -0.2) is 9.97 Å². The molecular formula is C16H19N5O. The van der Waals surface area contributed by atoms with Gasteiger partial charge in [0.25, 0.3) is 0 Å². The minimum Gasteiger partial charge on any atom is -0.474 e. The highest BCUT2D eigenvalue weighted by Gasteiger charge is 2.26. The van der Waals surface area contributed by atoms with E-state index in [1.165, 1.54) is 0 Å². The highest BCUT2D eigenvalue weighted by Crippen LogP contribution is 2.28. The number of fused-ring (bicyclic) bond motifs is 1. The van der Waals surface area contributed by atoms with Crippen molar-refractivity contribution in [3.63, 3.8) is 0 Å². The Hall–Kier alpha value is -2.39. The molecule has 1 saturated carbocycles. The lowest BCUT2D eigenvalue weighted by atomic mass is 9.88. The molecule has 0 aromatic carbocycles. The summed E-state index contributed by atoms with van der Waals surface area (Å²) in [6, 6.07) is 6.36. The number of ether oxygens (including phenoxy) is 1. The Bertz CT molecular complexity index is 731. The molecule has 0 bridgehead atoms. The second-order valence-electron chi connectivity index (χ2n) is 5.95. The number of nitrogens with two attached hydrogens (primary N) is 1. The molecule has 1 fully saturated rings. The van der Waals surface area contributed by atoms with E-state index in [1.807, 2.05) is 19.9 Å². The zero-order valence-electron chi connectivity index (χ0n) is 12.7. The van der Waals surface area contributed by atoms with Gasteiger partial charge in [0.1, 0.15) is 17.6 Å². The van der Waals surface area contributed by atoms with Crippen LogP contribution in [0, 0.1) is 11.3 Å². The highest BCUT2D eigenvalue weighted by atomic mass is 16.5. The Morgan fingerprint density at radius 1 is 1.41 bits per heavy atom. The molecule has 2 heterocycles. The van der Waals surface area contributed by atoms with E-state index in [-0.39, 0.29) is 12.1 Å². The van der Waals surface area contributed by atoms with Crippen molar-refractivity contribution in [2.24, 2.45) is 5.73 Å². The van der Waals surface area contributed by atoms with E-state index < -0.39 is 0 Å². The molecule has 0 unspecified atom stereocenters. The van der Waals surface area contributed by atoms with Crippen molar-refractivity contribution in [2.75, 3.05) is 5.32 Å². The number of nitrogens with zero attached hydrogens (tertiary/aromatic N) is 3. The second kappa shape index (κ2) is 5.78. The number of nitrogens with one attached hydrogen (secondary N) is 1. The third-order valence-electron chi connectivity index (χ3n) is 3.67. The molecule has 3 rings (SSSR count). The van der Waals surface area contributed by atoms with Crippen LogP contribution in [0.5, 0.6) is 5.88 Å². The summed E-state index contributed by atoms with van der Waals surface area (Å²) in [7, 11) is 0. The molecule has 1 aliphatic carbocycles. The van der Waals surface area contributed by atoms with E-state index in [9.17, 15) is 0 Å². The largest absolute Gasteiger partial charge is 0.474 e. The first-order valence-corrected chi connectivity index (χ1v) is 7.45. The number of aromatic nitrogens is 2. The average Bonchev–Trinajstić information content (AvgIpc) is 2.45. The van der Waals surface area contributed by atoms with Gasteiger partial charge >= 0.3 is 0 Å². The van der Waals surface area contributed by atoms with Crippen LogP contribution >= 0.6 is 0 Å². The van der Waals surface area contributed by atoms with Gasteiger partial charge < -0.3 is 15.8 Å². The summed E-state index contributed by atoms with van der Waals surface area (Å²) in [5, 5.41) is 14.2. The molecule has 1 aliphatic rings. The molecule has 6 nitrogen and oxygen atoms in total. The molecule has 114 valence electrons. The zero-order chi connectivity index (χ0) is 15.7. The van der Waals surface area contributed by atoms with Crippen molar-refractivity contribution in [1.29, 1.82) is 5.26 Å². The molecule has 0 aliphatic heterocycles. The van der Waals surface area contributed by atoms with Crippen molar-refractivity contribution in [3.8, 4) is 11.9 Å². The van der Waals surface area contributed by atoms with E-state index in [4.69, 9.17) is 15.7 Å². The lowest BCUT2D eigenvalue weighted by Gasteiger charge is -2.33. The van der Waals surface area contributed by atoms with E-state index in [0.29, 0.717) is 17.6 Å². The van der Waals surface area contributed by atoms with Crippen molar-refractivity contribution in [2.45, 2.75) is 44.9 Å². The number of anilines is 1. The maximum Gasteiger partial charge on any atom is 0.223 e. The van der Waals surface area contributed by atoms with E-state index in [2.05, 4.69) is 21.4 Å². The zero-order valence-corrected chi connectivity index (χ0v) is 12.7. The quantitative estimate of drug-likeness (QED) is 0.898. The Kier molecular flexibility index (Phi) is 3.82. The summed E-state index contributed by atoms with van der Waals surface area (Å²) in [6.45, 7) is 3.87. The summed E-state index contributed by atoms with van der Waals surface area (Å²) < 4.78 is 5.75. The molecule has 0 spiro atoms. The number of rotatable bonds is 4. The van der Waals surface area contributed by atoms with Crippen molar-refractivity contribution < 1.29 is 4.74 Å². The Balaban J connectivity index is 1.96. The van der Waals surface area contributed by atoms with Gasteiger partial charge in [-0.1, -0.05) is 0 Å². The molecule has 2 aromatic heterocycles.